The van der Waals surface area contributed by atoms with Crippen LogP contribution in [0.25, 0.3) is 11.1 Å². The average molecular weight is 331 g/mol. The summed E-state index contributed by atoms with van der Waals surface area (Å²) in [6, 6.07) is 12.0. The van der Waals surface area contributed by atoms with Crippen molar-refractivity contribution in [3.05, 3.63) is 57.9 Å². The lowest BCUT2D eigenvalue weighted by Gasteiger charge is -1.99. The summed E-state index contributed by atoms with van der Waals surface area (Å²) < 4.78 is 6.97. The molecule has 0 unspecified atom stereocenters. The zero-order valence-electron chi connectivity index (χ0n) is 11.2. The predicted molar refractivity (Wildman–Crippen MR) is 84.7 cm³/mol. The Morgan fingerprint density at radius 3 is 2.65 bits per heavy atom. The number of aromatic nitrogens is 1. The van der Waals surface area contributed by atoms with Gasteiger partial charge in [-0.25, -0.2) is 4.98 Å². The number of nitrogen functional groups attached to an aromatic ring is 1. The monoisotopic (exact) mass is 330 g/mol. The summed E-state index contributed by atoms with van der Waals surface area (Å²) in [4.78, 5) is 4.54. The van der Waals surface area contributed by atoms with Gasteiger partial charge in [0.25, 0.3) is 0 Å². The number of hydrogen-bond donors (Lipinski definition) is 1. The van der Waals surface area contributed by atoms with E-state index in [1.807, 2.05) is 24.3 Å². The van der Waals surface area contributed by atoms with Gasteiger partial charge in [0.15, 0.2) is 11.5 Å². The highest BCUT2D eigenvalue weighted by molar-refractivity contribution is 9.10. The van der Waals surface area contributed by atoms with Gasteiger partial charge >= 0.3 is 0 Å². The smallest absolute Gasteiger partial charge is 0.199 e. The topological polar surface area (TPSA) is 52.0 Å². The maximum atomic E-state index is 5.90. The molecule has 0 aliphatic carbocycles. The van der Waals surface area contributed by atoms with E-state index in [2.05, 4.69) is 40.0 Å². The molecule has 2 N–H and O–H groups in total. The largest absolute Gasteiger partial charge is 0.440 e. The van der Waals surface area contributed by atoms with Gasteiger partial charge in [-0.2, -0.15) is 0 Å². The van der Waals surface area contributed by atoms with E-state index in [0.717, 1.165) is 39.1 Å². The minimum absolute atomic E-state index is 0.686. The third-order valence-electron chi connectivity index (χ3n) is 3.28. The first-order chi connectivity index (χ1) is 9.65. The normalized spacial score (nSPS) is 11.1. The molecule has 1 heterocycles. The molecule has 0 aliphatic rings. The molecule has 3 rings (SSSR count). The second-order valence-corrected chi connectivity index (χ2v) is 5.71. The van der Waals surface area contributed by atoms with E-state index in [9.17, 15) is 0 Å². The molecule has 0 fully saturated rings. The van der Waals surface area contributed by atoms with E-state index in [1.54, 1.807) is 0 Å². The van der Waals surface area contributed by atoms with Crippen molar-refractivity contribution in [2.24, 2.45) is 0 Å². The molecule has 0 amide bonds. The highest BCUT2D eigenvalue weighted by atomic mass is 79.9. The van der Waals surface area contributed by atoms with Crippen LogP contribution in [0.5, 0.6) is 0 Å². The van der Waals surface area contributed by atoms with E-state index in [1.165, 1.54) is 5.56 Å². The van der Waals surface area contributed by atoms with Gasteiger partial charge in [-0.1, -0.05) is 35.0 Å². The predicted octanol–water partition coefficient (Wildman–Crippen LogP) is 4.33. The summed E-state index contributed by atoms with van der Waals surface area (Å²) in [7, 11) is 0. The number of nitrogens with zero attached hydrogens (tertiary/aromatic N) is 1. The second-order valence-electron chi connectivity index (χ2n) is 4.79. The van der Waals surface area contributed by atoms with E-state index >= 15 is 0 Å². The Labute approximate surface area is 125 Å². The van der Waals surface area contributed by atoms with Crippen molar-refractivity contribution in [1.29, 1.82) is 0 Å². The van der Waals surface area contributed by atoms with E-state index in [4.69, 9.17) is 10.2 Å². The number of aryl methyl sites for hydroxylation is 1. The highest BCUT2D eigenvalue weighted by Crippen LogP contribution is 2.25. The third-order valence-corrected chi connectivity index (χ3v) is 3.81. The molecule has 2 aromatic carbocycles. The van der Waals surface area contributed by atoms with Crippen LogP contribution in [0.1, 0.15) is 23.9 Å². The molecule has 20 heavy (non-hydrogen) atoms. The fourth-order valence-electron chi connectivity index (χ4n) is 2.29. The van der Waals surface area contributed by atoms with Gasteiger partial charge in [-0.15, -0.1) is 0 Å². The van der Waals surface area contributed by atoms with Crippen molar-refractivity contribution in [3.8, 4) is 0 Å². The van der Waals surface area contributed by atoms with Gasteiger partial charge in [0.05, 0.1) is 0 Å². The number of hydrogen-bond acceptors (Lipinski definition) is 3. The summed E-state index contributed by atoms with van der Waals surface area (Å²) in [5, 5.41) is 0. The minimum atomic E-state index is 0.686. The number of anilines is 1. The Hall–Kier alpha value is -1.81. The molecular formula is C16H15BrN2O. The van der Waals surface area contributed by atoms with Gasteiger partial charge in [-0.05, 0) is 41.8 Å². The van der Waals surface area contributed by atoms with Crippen LogP contribution < -0.4 is 5.73 Å². The van der Waals surface area contributed by atoms with Crippen molar-refractivity contribution >= 4 is 32.7 Å². The van der Waals surface area contributed by atoms with E-state index in [-0.39, 0.29) is 0 Å². The summed E-state index contributed by atoms with van der Waals surface area (Å²) in [6.45, 7) is 2.09. The molecule has 0 atom stereocenters. The maximum Gasteiger partial charge on any atom is 0.199 e. The molecule has 0 spiro atoms. The van der Waals surface area contributed by atoms with Crippen molar-refractivity contribution in [2.75, 3.05) is 5.73 Å². The van der Waals surface area contributed by atoms with Gasteiger partial charge in [-0.3, -0.25) is 0 Å². The first-order valence-electron chi connectivity index (χ1n) is 6.58. The minimum Gasteiger partial charge on any atom is -0.440 e. The number of oxazole rings is 1. The lowest BCUT2D eigenvalue weighted by molar-refractivity contribution is 0.541. The lowest BCUT2D eigenvalue weighted by Crippen LogP contribution is -1.88. The van der Waals surface area contributed by atoms with Crippen LogP contribution in [0.15, 0.2) is 45.3 Å². The summed E-state index contributed by atoms with van der Waals surface area (Å²) in [5.41, 5.74) is 10.6. The Morgan fingerprint density at radius 1 is 1.20 bits per heavy atom. The number of nitrogens with two attached hydrogens (primary N) is 1. The van der Waals surface area contributed by atoms with Crippen LogP contribution in [0.3, 0.4) is 0 Å². The molecule has 102 valence electrons. The molecular weight excluding hydrogens is 316 g/mol. The molecule has 0 radical (unpaired) electrons. The Balaban J connectivity index is 1.98. The van der Waals surface area contributed by atoms with Gasteiger partial charge in [0.1, 0.15) is 5.52 Å². The number of fused-ring (bicyclic) bond motifs is 1. The second kappa shape index (κ2) is 5.29. The first kappa shape index (κ1) is 13.2. The molecule has 1 aromatic heterocycles. The van der Waals surface area contributed by atoms with E-state index in [0.29, 0.717) is 6.42 Å². The molecule has 3 nitrogen and oxygen atoms in total. The molecule has 0 bridgehead atoms. The van der Waals surface area contributed by atoms with Crippen molar-refractivity contribution in [2.45, 2.75) is 19.8 Å². The van der Waals surface area contributed by atoms with Crippen molar-refractivity contribution in [3.63, 3.8) is 0 Å². The van der Waals surface area contributed by atoms with E-state index < -0.39 is 0 Å². The lowest BCUT2D eigenvalue weighted by atomic mass is 10.1. The average Bonchev–Trinajstić information content (AvgIpc) is 2.82. The number of benzene rings is 2. The number of halogens is 1. The van der Waals surface area contributed by atoms with Crippen LogP contribution >= 0.6 is 15.9 Å². The summed E-state index contributed by atoms with van der Waals surface area (Å²) in [6.07, 6.45) is 1.57. The van der Waals surface area contributed by atoms with Crippen molar-refractivity contribution < 1.29 is 4.42 Å². The van der Waals surface area contributed by atoms with Gasteiger partial charge < -0.3 is 10.2 Å². The number of rotatable bonds is 3. The summed E-state index contributed by atoms with van der Waals surface area (Å²) in [5.74, 6) is 0.725. The Kier molecular flexibility index (Phi) is 3.49. The summed E-state index contributed by atoms with van der Waals surface area (Å²) >= 11 is 3.43. The van der Waals surface area contributed by atoms with Crippen LogP contribution in [-0.2, 0) is 12.8 Å². The Bertz CT molecular complexity index is 747. The molecule has 4 heteroatoms. The van der Waals surface area contributed by atoms with Crippen LogP contribution in [-0.4, -0.2) is 4.98 Å². The third kappa shape index (κ3) is 2.56. The zero-order chi connectivity index (χ0) is 14.1. The highest BCUT2D eigenvalue weighted by Gasteiger charge is 2.11. The van der Waals surface area contributed by atoms with Crippen LogP contribution in [0.2, 0.25) is 0 Å². The standard InChI is InChI=1S/C16H15BrN2O/c1-2-11-8-13(18)9-14-16(11)20-15(19-14)7-10-3-5-12(17)6-4-10/h3-6,8-9H,2,7,18H2,1H3. The molecule has 0 saturated carbocycles. The first-order valence-corrected chi connectivity index (χ1v) is 7.37. The van der Waals surface area contributed by atoms with Gasteiger partial charge in [0, 0.05) is 16.6 Å². The van der Waals surface area contributed by atoms with Crippen LogP contribution in [0.4, 0.5) is 5.69 Å². The fraction of sp³-hybridized carbons (Fsp3) is 0.188. The van der Waals surface area contributed by atoms with Gasteiger partial charge in [0.2, 0.25) is 0 Å². The van der Waals surface area contributed by atoms with Crippen molar-refractivity contribution in [1.82, 2.24) is 4.98 Å². The zero-order valence-corrected chi connectivity index (χ0v) is 12.8. The Morgan fingerprint density at radius 2 is 1.95 bits per heavy atom. The molecule has 0 saturated heterocycles. The molecule has 0 aliphatic heterocycles. The van der Waals surface area contributed by atoms with Crippen LogP contribution in [0, 0.1) is 0 Å². The maximum absolute atomic E-state index is 5.90. The SMILES string of the molecule is CCc1cc(N)cc2nc(Cc3ccc(Br)cc3)oc12. The quantitative estimate of drug-likeness (QED) is 0.727. The fourth-order valence-corrected chi connectivity index (χ4v) is 2.55. The molecule has 3 aromatic rings.